The highest BCUT2D eigenvalue weighted by Gasteiger charge is 2.47. The Hall–Kier alpha value is -1.52. The first-order valence-corrected chi connectivity index (χ1v) is 8.40. The molecule has 23 heavy (non-hydrogen) atoms. The SMILES string of the molecule is O=C(NCCC1CCCC1)C1CC1c1ccccc1C(F)(F)F. The molecule has 2 saturated carbocycles. The quantitative estimate of drug-likeness (QED) is 0.848. The summed E-state index contributed by atoms with van der Waals surface area (Å²) in [7, 11) is 0. The van der Waals surface area contributed by atoms with E-state index in [2.05, 4.69) is 5.32 Å². The molecule has 2 unspecified atom stereocenters. The molecule has 0 saturated heterocycles. The molecule has 2 nitrogen and oxygen atoms in total. The topological polar surface area (TPSA) is 29.1 Å². The number of carbonyl (C=O) groups excluding carboxylic acids is 1. The molecule has 2 atom stereocenters. The summed E-state index contributed by atoms with van der Waals surface area (Å²) in [5.41, 5.74) is -0.345. The Kier molecular flexibility index (Phi) is 4.64. The average molecular weight is 325 g/mol. The fourth-order valence-corrected chi connectivity index (χ4v) is 3.74. The van der Waals surface area contributed by atoms with E-state index in [9.17, 15) is 18.0 Å². The first-order chi connectivity index (χ1) is 11.0. The highest BCUT2D eigenvalue weighted by atomic mass is 19.4. The van der Waals surface area contributed by atoms with Gasteiger partial charge in [-0.2, -0.15) is 13.2 Å². The lowest BCUT2D eigenvalue weighted by atomic mass is 10.0. The van der Waals surface area contributed by atoms with Crippen molar-refractivity contribution in [3.05, 3.63) is 35.4 Å². The van der Waals surface area contributed by atoms with E-state index in [4.69, 9.17) is 0 Å². The summed E-state index contributed by atoms with van der Waals surface area (Å²) in [4.78, 5) is 12.1. The third-order valence-corrected chi connectivity index (χ3v) is 5.12. The van der Waals surface area contributed by atoms with Crippen molar-refractivity contribution in [3.8, 4) is 0 Å². The van der Waals surface area contributed by atoms with Crippen LogP contribution < -0.4 is 5.32 Å². The van der Waals surface area contributed by atoms with Crippen LogP contribution in [0.25, 0.3) is 0 Å². The Bertz CT molecular complexity index is 564. The maximum Gasteiger partial charge on any atom is 0.416 e. The number of rotatable bonds is 5. The number of alkyl halides is 3. The highest BCUT2D eigenvalue weighted by Crippen LogP contribution is 2.51. The van der Waals surface area contributed by atoms with E-state index in [1.807, 2.05) is 0 Å². The van der Waals surface area contributed by atoms with Crippen molar-refractivity contribution in [1.82, 2.24) is 5.32 Å². The van der Waals surface area contributed by atoms with E-state index < -0.39 is 11.7 Å². The van der Waals surface area contributed by atoms with Crippen molar-refractivity contribution in [1.29, 1.82) is 0 Å². The molecule has 2 aliphatic rings. The second-order valence-electron chi connectivity index (χ2n) is 6.76. The molecule has 1 aromatic carbocycles. The minimum atomic E-state index is -4.36. The standard InChI is InChI=1S/C18H22F3NO/c19-18(20,21)16-8-4-3-7-13(16)14-11-15(14)17(23)22-10-9-12-5-1-2-6-12/h3-4,7-8,12,14-15H,1-2,5-6,9-11H2,(H,22,23). The maximum absolute atomic E-state index is 13.0. The molecule has 0 radical (unpaired) electrons. The second-order valence-corrected chi connectivity index (χ2v) is 6.76. The third-order valence-electron chi connectivity index (χ3n) is 5.12. The lowest BCUT2D eigenvalue weighted by Gasteiger charge is -2.13. The van der Waals surface area contributed by atoms with E-state index in [0.717, 1.165) is 12.5 Å². The largest absolute Gasteiger partial charge is 0.416 e. The Morgan fingerprint density at radius 1 is 1.17 bits per heavy atom. The Morgan fingerprint density at radius 2 is 1.87 bits per heavy atom. The predicted molar refractivity (Wildman–Crippen MR) is 81.9 cm³/mol. The van der Waals surface area contributed by atoms with Gasteiger partial charge in [0, 0.05) is 12.5 Å². The molecule has 0 aliphatic heterocycles. The van der Waals surface area contributed by atoms with E-state index in [-0.39, 0.29) is 23.3 Å². The van der Waals surface area contributed by atoms with Gasteiger partial charge < -0.3 is 5.32 Å². The molecular weight excluding hydrogens is 303 g/mol. The molecule has 126 valence electrons. The number of nitrogens with one attached hydrogen (secondary N) is 1. The lowest BCUT2D eigenvalue weighted by molar-refractivity contribution is -0.138. The van der Waals surface area contributed by atoms with Crippen LogP contribution in [0, 0.1) is 11.8 Å². The number of carbonyl (C=O) groups is 1. The maximum atomic E-state index is 13.0. The van der Waals surface area contributed by atoms with Gasteiger partial charge in [-0.05, 0) is 36.3 Å². The van der Waals surface area contributed by atoms with Crippen LogP contribution >= 0.6 is 0 Å². The number of hydrogen-bond acceptors (Lipinski definition) is 1. The highest BCUT2D eigenvalue weighted by molar-refractivity contribution is 5.83. The van der Waals surface area contributed by atoms with Gasteiger partial charge in [-0.3, -0.25) is 4.79 Å². The molecule has 3 rings (SSSR count). The van der Waals surface area contributed by atoms with Crippen molar-refractivity contribution in [2.45, 2.75) is 50.6 Å². The van der Waals surface area contributed by atoms with E-state index >= 15 is 0 Å². The predicted octanol–water partition coefficient (Wildman–Crippen LogP) is 4.51. The van der Waals surface area contributed by atoms with Crippen LogP contribution in [0.4, 0.5) is 13.2 Å². The monoisotopic (exact) mass is 325 g/mol. The molecule has 2 fully saturated rings. The minimum absolute atomic E-state index is 0.0926. The van der Waals surface area contributed by atoms with E-state index in [0.29, 0.717) is 18.9 Å². The molecule has 0 heterocycles. The number of halogens is 3. The minimum Gasteiger partial charge on any atom is -0.356 e. The molecule has 0 spiro atoms. The van der Waals surface area contributed by atoms with Crippen LogP contribution in [0.3, 0.4) is 0 Å². The summed E-state index contributed by atoms with van der Waals surface area (Å²) in [6.45, 7) is 0.646. The summed E-state index contributed by atoms with van der Waals surface area (Å²) < 4.78 is 39.1. The fraction of sp³-hybridized carbons (Fsp3) is 0.611. The molecule has 5 heteroatoms. The van der Waals surface area contributed by atoms with Crippen LogP contribution in [0.5, 0.6) is 0 Å². The summed E-state index contributed by atoms with van der Waals surface area (Å²) in [5.74, 6) is 0.0163. The third kappa shape index (κ3) is 3.88. The fourth-order valence-electron chi connectivity index (χ4n) is 3.74. The van der Waals surface area contributed by atoms with Gasteiger partial charge in [-0.15, -0.1) is 0 Å². The molecule has 2 aliphatic carbocycles. The Balaban J connectivity index is 1.54. The van der Waals surface area contributed by atoms with Gasteiger partial charge in [0.15, 0.2) is 0 Å². The van der Waals surface area contributed by atoms with Crippen molar-refractivity contribution in [2.24, 2.45) is 11.8 Å². The van der Waals surface area contributed by atoms with Crippen molar-refractivity contribution in [2.75, 3.05) is 6.54 Å². The van der Waals surface area contributed by atoms with Crippen LogP contribution in [0.15, 0.2) is 24.3 Å². The molecule has 1 amide bonds. The van der Waals surface area contributed by atoms with Gasteiger partial charge in [0.05, 0.1) is 5.56 Å². The van der Waals surface area contributed by atoms with Crippen LogP contribution in [0.2, 0.25) is 0 Å². The van der Waals surface area contributed by atoms with Gasteiger partial charge in [0.1, 0.15) is 0 Å². The van der Waals surface area contributed by atoms with Crippen molar-refractivity contribution >= 4 is 5.91 Å². The second kappa shape index (κ2) is 6.54. The average Bonchev–Trinajstić information content (AvgIpc) is 3.15. The first-order valence-electron chi connectivity index (χ1n) is 8.40. The summed E-state index contributed by atoms with van der Waals surface area (Å²) in [6, 6.07) is 5.60. The lowest BCUT2D eigenvalue weighted by Crippen LogP contribution is -2.27. The smallest absolute Gasteiger partial charge is 0.356 e. The molecule has 0 bridgehead atoms. The zero-order valence-corrected chi connectivity index (χ0v) is 13.0. The van der Waals surface area contributed by atoms with Crippen LogP contribution in [-0.4, -0.2) is 12.5 Å². The molecular formula is C18H22F3NO. The number of benzene rings is 1. The summed E-state index contributed by atoms with van der Waals surface area (Å²) in [6.07, 6.45) is 2.17. The van der Waals surface area contributed by atoms with E-state index in [1.54, 1.807) is 6.07 Å². The number of amides is 1. The van der Waals surface area contributed by atoms with Gasteiger partial charge in [-0.25, -0.2) is 0 Å². The summed E-state index contributed by atoms with van der Waals surface area (Å²) in [5, 5.41) is 2.91. The summed E-state index contributed by atoms with van der Waals surface area (Å²) >= 11 is 0. The van der Waals surface area contributed by atoms with E-state index in [1.165, 1.54) is 37.8 Å². The molecule has 1 aromatic rings. The zero-order valence-electron chi connectivity index (χ0n) is 13.0. The number of hydrogen-bond donors (Lipinski definition) is 1. The van der Waals surface area contributed by atoms with Gasteiger partial charge in [-0.1, -0.05) is 43.9 Å². The normalized spacial score (nSPS) is 24.7. The van der Waals surface area contributed by atoms with Crippen LogP contribution in [-0.2, 0) is 11.0 Å². The first kappa shape index (κ1) is 16.3. The molecule has 1 N–H and O–H groups in total. The van der Waals surface area contributed by atoms with Gasteiger partial charge in [0.25, 0.3) is 0 Å². The zero-order chi connectivity index (χ0) is 16.4. The van der Waals surface area contributed by atoms with Gasteiger partial charge >= 0.3 is 6.18 Å². The van der Waals surface area contributed by atoms with Crippen molar-refractivity contribution in [3.63, 3.8) is 0 Å². The Morgan fingerprint density at radius 3 is 2.57 bits per heavy atom. The van der Waals surface area contributed by atoms with Crippen LogP contribution in [0.1, 0.15) is 55.6 Å². The van der Waals surface area contributed by atoms with Crippen molar-refractivity contribution < 1.29 is 18.0 Å². The van der Waals surface area contributed by atoms with Gasteiger partial charge in [0.2, 0.25) is 5.91 Å². The molecule has 0 aromatic heterocycles. The Labute approximate surface area is 134 Å².